The van der Waals surface area contributed by atoms with Gasteiger partial charge in [0, 0.05) is 35.7 Å². The third-order valence-corrected chi connectivity index (χ3v) is 5.58. The number of hydrogen-bond acceptors (Lipinski definition) is 3. The number of aryl methyl sites for hydroxylation is 1. The van der Waals surface area contributed by atoms with Crippen LogP contribution < -0.4 is 15.5 Å². The van der Waals surface area contributed by atoms with E-state index in [1.807, 2.05) is 19.1 Å². The molecule has 0 fully saturated rings. The van der Waals surface area contributed by atoms with Gasteiger partial charge in [-0.05, 0) is 67.8 Å². The largest absolute Gasteiger partial charge is 0.371 e. The van der Waals surface area contributed by atoms with Crippen LogP contribution in [0.4, 0.5) is 21.5 Å². The zero-order chi connectivity index (χ0) is 22.0. The van der Waals surface area contributed by atoms with Crippen molar-refractivity contribution < 1.29 is 14.0 Å². The van der Waals surface area contributed by atoms with E-state index in [0.29, 0.717) is 11.3 Å². The first-order valence-corrected chi connectivity index (χ1v) is 10.3. The number of benzene rings is 3. The highest BCUT2D eigenvalue weighted by Crippen LogP contribution is 2.31. The van der Waals surface area contributed by atoms with E-state index in [2.05, 4.69) is 28.5 Å². The molecule has 4 rings (SSSR count). The van der Waals surface area contributed by atoms with E-state index in [9.17, 15) is 14.0 Å². The van der Waals surface area contributed by atoms with E-state index in [4.69, 9.17) is 0 Å². The first kappa shape index (κ1) is 20.6. The Labute approximate surface area is 180 Å². The van der Waals surface area contributed by atoms with Crippen molar-refractivity contribution in [2.45, 2.75) is 20.3 Å². The van der Waals surface area contributed by atoms with Crippen LogP contribution in [0, 0.1) is 12.7 Å². The molecule has 0 unspecified atom stereocenters. The zero-order valence-corrected chi connectivity index (χ0v) is 17.5. The molecule has 0 saturated heterocycles. The van der Waals surface area contributed by atoms with Crippen LogP contribution in [-0.4, -0.2) is 24.9 Å². The van der Waals surface area contributed by atoms with Gasteiger partial charge in [0.25, 0.3) is 11.8 Å². The highest BCUT2D eigenvalue weighted by atomic mass is 19.1. The lowest BCUT2D eigenvalue weighted by Gasteiger charge is -2.17. The molecule has 5 nitrogen and oxygen atoms in total. The van der Waals surface area contributed by atoms with Gasteiger partial charge in [-0.2, -0.15) is 0 Å². The number of fused-ring (bicyclic) bond motifs is 1. The topological polar surface area (TPSA) is 61.4 Å². The number of hydrogen-bond donors (Lipinski definition) is 2. The average Bonchev–Trinajstić information content (AvgIpc) is 3.17. The number of nitrogens with one attached hydrogen (secondary N) is 2. The molecule has 0 aliphatic carbocycles. The maximum Gasteiger partial charge on any atom is 0.258 e. The fraction of sp³-hybridized carbons (Fsp3) is 0.200. The molecule has 0 atom stereocenters. The summed E-state index contributed by atoms with van der Waals surface area (Å²) in [6, 6.07) is 16.8. The summed E-state index contributed by atoms with van der Waals surface area (Å²) in [7, 11) is 0. The third kappa shape index (κ3) is 4.28. The molecule has 0 aromatic heterocycles. The fourth-order valence-electron chi connectivity index (χ4n) is 3.79. The molecular formula is C25H24FN3O2. The van der Waals surface area contributed by atoms with Crippen LogP contribution in [0.2, 0.25) is 0 Å². The van der Waals surface area contributed by atoms with Crippen LogP contribution in [0.15, 0.2) is 60.7 Å². The molecule has 2 amide bonds. The lowest BCUT2D eigenvalue weighted by Crippen LogP contribution is -2.19. The van der Waals surface area contributed by atoms with Crippen molar-refractivity contribution in [3.8, 4) is 0 Å². The van der Waals surface area contributed by atoms with Crippen molar-refractivity contribution in [3.05, 3.63) is 88.7 Å². The van der Waals surface area contributed by atoms with Crippen LogP contribution >= 0.6 is 0 Å². The number of carbonyl (C=O) groups is 2. The second-order valence-corrected chi connectivity index (χ2v) is 7.59. The van der Waals surface area contributed by atoms with E-state index < -0.39 is 11.7 Å². The van der Waals surface area contributed by atoms with Crippen molar-refractivity contribution in [2.75, 3.05) is 28.6 Å². The average molecular weight is 417 g/mol. The fourth-order valence-corrected chi connectivity index (χ4v) is 3.79. The first-order valence-electron chi connectivity index (χ1n) is 10.3. The van der Waals surface area contributed by atoms with Gasteiger partial charge < -0.3 is 15.5 Å². The summed E-state index contributed by atoms with van der Waals surface area (Å²) in [4.78, 5) is 27.6. The Morgan fingerprint density at radius 2 is 1.81 bits per heavy atom. The molecule has 1 heterocycles. The van der Waals surface area contributed by atoms with Crippen molar-refractivity contribution in [2.24, 2.45) is 0 Å². The molecule has 0 saturated carbocycles. The Morgan fingerprint density at radius 3 is 2.58 bits per heavy atom. The smallest absolute Gasteiger partial charge is 0.258 e. The third-order valence-electron chi connectivity index (χ3n) is 5.58. The Balaban J connectivity index is 1.52. The van der Waals surface area contributed by atoms with Crippen molar-refractivity contribution in [1.29, 1.82) is 0 Å². The van der Waals surface area contributed by atoms with E-state index in [0.717, 1.165) is 36.4 Å². The van der Waals surface area contributed by atoms with Crippen LogP contribution in [0.3, 0.4) is 0 Å². The summed E-state index contributed by atoms with van der Waals surface area (Å²) in [5.74, 6) is -1.43. The molecular weight excluding hydrogens is 393 g/mol. The van der Waals surface area contributed by atoms with Gasteiger partial charge in [0.05, 0.1) is 5.56 Å². The summed E-state index contributed by atoms with van der Waals surface area (Å²) >= 11 is 0. The van der Waals surface area contributed by atoms with Crippen molar-refractivity contribution in [1.82, 2.24) is 0 Å². The Hall–Kier alpha value is -3.67. The van der Waals surface area contributed by atoms with Gasteiger partial charge in [-0.3, -0.25) is 9.59 Å². The predicted molar refractivity (Wildman–Crippen MR) is 122 cm³/mol. The Bertz CT molecular complexity index is 1160. The summed E-state index contributed by atoms with van der Waals surface area (Å²) in [5, 5.41) is 5.64. The maximum atomic E-state index is 13.9. The molecule has 0 radical (unpaired) electrons. The van der Waals surface area contributed by atoms with Gasteiger partial charge in [0.15, 0.2) is 0 Å². The Kier molecular flexibility index (Phi) is 5.71. The molecule has 0 bridgehead atoms. The van der Waals surface area contributed by atoms with E-state index >= 15 is 0 Å². The number of carbonyl (C=O) groups excluding carboxylic acids is 2. The number of halogens is 1. The molecule has 31 heavy (non-hydrogen) atoms. The summed E-state index contributed by atoms with van der Waals surface area (Å²) in [6.45, 7) is 5.85. The summed E-state index contributed by atoms with van der Waals surface area (Å²) in [6.07, 6.45) is 1.01. The quantitative estimate of drug-likeness (QED) is 0.613. The van der Waals surface area contributed by atoms with E-state index in [1.165, 1.54) is 23.8 Å². The van der Waals surface area contributed by atoms with Crippen molar-refractivity contribution in [3.63, 3.8) is 0 Å². The molecule has 1 aliphatic rings. The predicted octanol–water partition coefficient (Wildman–Crippen LogP) is 5.02. The van der Waals surface area contributed by atoms with Crippen LogP contribution in [0.5, 0.6) is 0 Å². The molecule has 0 spiro atoms. The number of amides is 2. The molecule has 3 aromatic carbocycles. The zero-order valence-electron chi connectivity index (χ0n) is 17.5. The van der Waals surface area contributed by atoms with E-state index in [-0.39, 0.29) is 11.5 Å². The minimum absolute atomic E-state index is 0.0460. The molecule has 2 N–H and O–H groups in total. The molecule has 3 aromatic rings. The monoisotopic (exact) mass is 417 g/mol. The minimum atomic E-state index is -0.593. The molecule has 6 heteroatoms. The first-order chi connectivity index (χ1) is 15.0. The second kappa shape index (κ2) is 8.60. The number of anilines is 3. The van der Waals surface area contributed by atoms with Crippen LogP contribution in [0.25, 0.3) is 0 Å². The minimum Gasteiger partial charge on any atom is -0.371 e. The van der Waals surface area contributed by atoms with Crippen LogP contribution in [-0.2, 0) is 6.42 Å². The van der Waals surface area contributed by atoms with Gasteiger partial charge in [-0.15, -0.1) is 0 Å². The number of likely N-dealkylation sites (N-methyl/N-ethyl adjacent to an activating group) is 1. The highest BCUT2D eigenvalue weighted by molar-refractivity contribution is 6.08. The lowest BCUT2D eigenvalue weighted by atomic mass is 10.1. The van der Waals surface area contributed by atoms with E-state index in [1.54, 1.807) is 24.3 Å². The van der Waals surface area contributed by atoms with Crippen molar-refractivity contribution >= 4 is 28.9 Å². The van der Waals surface area contributed by atoms with Crippen LogP contribution in [0.1, 0.15) is 38.8 Å². The maximum absolute atomic E-state index is 13.9. The van der Waals surface area contributed by atoms with Gasteiger partial charge in [0.2, 0.25) is 0 Å². The summed E-state index contributed by atoms with van der Waals surface area (Å²) < 4.78 is 13.9. The lowest BCUT2D eigenvalue weighted by molar-refractivity contribution is 0.101. The normalized spacial score (nSPS) is 12.4. The SMILES string of the molecule is CCN1CCc2ccc(NC(=O)c3ccc(C)c(NC(=O)c4ccccc4F)c3)cc21. The van der Waals surface area contributed by atoms with Gasteiger partial charge >= 0.3 is 0 Å². The second-order valence-electron chi connectivity index (χ2n) is 7.59. The highest BCUT2D eigenvalue weighted by Gasteiger charge is 2.19. The Morgan fingerprint density at radius 1 is 1.00 bits per heavy atom. The van der Waals surface area contributed by atoms with Gasteiger partial charge in [-0.1, -0.05) is 24.3 Å². The number of nitrogens with zero attached hydrogens (tertiary/aromatic N) is 1. The number of rotatable bonds is 5. The molecule has 1 aliphatic heterocycles. The van der Waals surface area contributed by atoms with Gasteiger partial charge in [0.1, 0.15) is 5.82 Å². The molecule has 158 valence electrons. The van der Waals surface area contributed by atoms with Gasteiger partial charge in [-0.25, -0.2) is 4.39 Å². The standard InChI is InChI=1S/C25H24FN3O2/c1-3-29-13-12-17-10-11-19(15-23(17)29)27-24(30)18-9-8-16(2)22(14-18)28-25(31)20-6-4-5-7-21(20)26/h4-11,14-15H,3,12-13H2,1-2H3,(H,27,30)(H,28,31). The summed E-state index contributed by atoms with van der Waals surface area (Å²) in [5.41, 5.74) is 4.76.